The Morgan fingerprint density at radius 1 is 1.39 bits per heavy atom. The molecule has 0 aliphatic rings. The number of amides is 2. The van der Waals surface area contributed by atoms with Gasteiger partial charge < -0.3 is 10.3 Å². The Bertz CT molecular complexity index is 1080. The minimum absolute atomic E-state index is 0.00816. The van der Waals surface area contributed by atoms with Gasteiger partial charge in [-0.05, 0) is 31.5 Å². The lowest BCUT2D eigenvalue weighted by Gasteiger charge is -2.17. The van der Waals surface area contributed by atoms with E-state index in [4.69, 9.17) is 5.73 Å². The SMILES string of the molecule is CCn1c(C(C#N)c2nc(N(C=O)CC(N)=O)ncc2C)nc2ccccc21. The largest absolute Gasteiger partial charge is 0.368 e. The summed E-state index contributed by atoms with van der Waals surface area (Å²) in [6.45, 7) is 4.04. The molecule has 2 heterocycles. The van der Waals surface area contributed by atoms with Crippen LogP contribution >= 0.6 is 0 Å². The summed E-state index contributed by atoms with van der Waals surface area (Å²) in [5.74, 6) is -0.890. The molecule has 28 heavy (non-hydrogen) atoms. The lowest BCUT2D eigenvalue weighted by Crippen LogP contribution is -2.34. The number of carbonyl (C=O) groups is 2. The van der Waals surface area contributed by atoms with E-state index in [1.807, 2.05) is 35.8 Å². The first-order chi connectivity index (χ1) is 13.5. The van der Waals surface area contributed by atoms with Gasteiger partial charge in [0, 0.05) is 12.7 Å². The molecule has 2 aromatic heterocycles. The third-order valence-electron chi connectivity index (χ3n) is 4.37. The highest BCUT2D eigenvalue weighted by Crippen LogP contribution is 2.28. The number of imidazole rings is 1. The van der Waals surface area contributed by atoms with Crippen molar-refractivity contribution in [2.45, 2.75) is 26.3 Å². The molecule has 2 N–H and O–H groups in total. The van der Waals surface area contributed by atoms with Crippen LogP contribution in [0.25, 0.3) is 11.0 Å². The van der Waals surface area contributed by atoms with Crippen LogP contribution in [-0.2, 0) is 16.1 Å². The van der Waals surface area contributed by atoms with E-state index in [1.165, 1.54) is 6.20 Å². The Kier molecular flexibility index (Phi) is 5.31. The second kappa shape index (κ2) is 7.84. The molecule has 0 saturated carbocycles. The fourth-order valence-corrected chi connectivity index (χ4v) is 3.09. The maximum Gasteiger partial charge on any atom is 0.237 e. The Balaban J connectivity index is 2.13. The second-order valence-electron chi connectivity index (χ2n) is 6.20. The van der Waals surface area contributed by atoms with Crippen molar-refractivity contribution in [1.82, 2.24) is 19.5 Å². The van der Waals surface area contributed by atoms with Crippen LogP contribution in [-0.4, -0.2) is 38.4 Å². The zero-order valence-corrected chi connectivity index (χ0v) is 15.5. The average Bonchev–Trinajstić information content (AvgIpc) is 3.06. The van der Waals surface area contributed by atoms with E-state index >= 15 is 0 Å². The number of hydrogen-bond donors (Lipinski definition) is 1. The summed E-state index contributed by atoms with van der Waals surface area (Å²) in [5.41, 5.74) is 7.99. The molecule has 0 aliphatic carbocycles. The van der Waals surface area contributed by atoms with Gasteiger partial charge in [0.25, 0.3) is 0 Å². The van der Waals surface area contributed by atoms with Gasteiger partial charge in [-0.25, -0.2) is 15.0 Å². The number of benzene rings is 1. The molecule has 1 aromatic carbocycles. The van der Waals surface area contributed by atoms with E-state index in [-0.39, 0.29) is 12.5 Å². The molecular formula is C19H19N7O2. The number of carbonyl (C=O) groups excluding carboxylic acids is 2. The van der Waals surface area contributed by atoms with Crippen molar-refractivity contribution >= 4 is 29.3 Å². The summed E-state index contributed by atoms with van der Waals surface area (Å²) >= 11 is 0. The number of anilines is 1. The molecule has 142 valence electrons. The minimum Gasteiger partial charge on any atom is -0.368 e. The molecule has 1 atom stereocenters. The summed E-state index contributed by atoms with van der Waals surface area (Å²) in [4.78, 5) is 36.6. The zero-order chi connectivity index (χ0) is 20.3. The summed E-state index contributed by atoms with van der Waals surface area (Å²) in [5, 5.41) is 9.91. The van der Waals surface area contributed by atoms with Gasteiger partial charge in [0.05, 0.1) is 22.8 Å². The van der Waals surface area contributed by atoms with Crippen LogP contribution in [0, 0.1) is 18.3 Å². The molecule has 0 radical (unpaired) electrons. The number of nitrogens with two attached hydrogens (primary N) is 1. The van der Waals surface area contributed by atoms with Gasteiger partial charge in [-0.3, -0.25) is 14.5 Å². The number of aryl methyl sites for hydroxylation is 2. The van der Waals surface area contributed by atoms with Crippen molar-refractivity contribution < 1.29 is 9.59 Å². The first-order valence-corrected chi connectivity index (χ1v) is 8.68. The number of rotatable bonds is 7. The van der Waals surface area contributed by atoms with Crippen LogP contribution in [0.4, 0.5) is 5.95 Å². The lowest BCUT2D eigenvalue weighted by atomic mass is 10.0. The summed E-state index contributed by atoms with van der Waals surface area (Å²) in [7, 11) is 0. The number of fused-ring (bicyclic) bond motifs is 1. The van der Waals surface area contributed by atoms with Gasteiger partial charge in [-0.15, -0.1) is 0 Å². The summed E-state index contributed by atoms with van der Waals surface area (Å²) in [6.07, 6.45) is 1.94. The predicted octanol–water partition coefficient (Wildman–Crippen LogP) is 1.26. The maximum absolute atomic E-state index is 11.3. The van der Waals surface area contributed by atoms with Gasteiger partial charge in [0.1, 0.15) is 18.3 Å². The van der Waals surface area contributed by atoms with Crippen molar-refractivity contribution in [3.8, 4) is 6.07 Å². The number of nitrogens with zero attached hydrogens (tertiary/aromatic N) is 6. The normalized spacial score (nSPS) is 11.8. The number of primary amides is 1. The molecule has 0 saturated heterocycles. The number of hydrogen-bond acceptors (Lipinski definition) is 6. The van der Waals surface area contributed by atoms with Crippen LogP contribution in [0.1, 0.15) is 29.9 Å². The van der Waals surface area contributed by atoms with Gasteiger partial charge in [-0.1, -0.05) is 12.1 Å². The third kappa shape index (κ3) is 3.40. The molecule has 0 bridgehead atoms. The van der Waals surface area contributed by atoms with E-state index in [2.05, 4.69) is 21.0 Å². The van der Waals surface area contributed by atoms with E-state index in [1.54, 1.807) is 6.92 Å². The van der Waals surface area contributed by atoms with Crippen molar-refractivity contribution in [1.29, 1.82) is 5.26 Å². The fourth-order valence-electron chi connectivity index (χ4n) is 3.09. The quantitative estimate of drug-likeness (QED) is 0.617. The first-order valence-electron chi connectivity index (χ1n) is 8.68. The fraction of sp³-hybridized carbons (Fsp3) is 0.263. The second-order valence-corrected chi connectivity index (χ2v) is 6.20. The Morgan fingerprint density at radius 3 is 2.79 bits per heavy atom. The molecule has 0 fully saturated rings. The summed E-state index contributed by atoms with van der Waals surface area (Å²) < 4.78 is 1.96. The van der Waals surface area contributed by atoms with Gasteiger partial charge in [0.2, 0.25) is 18.3 Å². The van der Waals surface area contributed by atoms with Crippen LogP contribution in [0.2, 0.25) is 0 Å². The predicted molar refractivity (Wildman–Crippen MR) is 102 cm³/mol. The van der Waals surface area contributed by atoms with Gasteiger partial charge >= 0.3 is 0 Å². The topological polar surface area (TPSA) is 131 Å². The molecular weight excluding hydrogens is 358 g/mol. The maximum atomic E-state index is 11.3. The van der Waals surface area contributed by atoms with Gasteiger partial charge in [0.15, 0.2) is 0 Å². The molecule has 9 nitrogen and oxygen atoms in total. The van der Waals surface area contributed by atoms with E-state index in [0.29, 0.717) is 30.0 Å². The van der Waals surface area contributed by atoms with Crippen molar-refractivity contribution in [3.05, 3.63) is 47.5 Å². The van der Waals surface area contributed by atoms with Crippen LogP contribution in [0.15, 0.2) is 30.5 Å². The molecule has 2 amide bonds. The average molecular weight is 377 g/mol. The molecule has 9 heteroatoms. The minimum atomic E-state index is -0.767. The molecule has 0 aliphatic heterocycles. The number of nitriles is 1. The Morgan fingerprint density at radius 2 is 2.14 bits per heavy atom. The highest BCUT2D eigenvalue weighted by molar-refractivity contribution is 5.86. The summed E-state index contributed by atoms with van der Waals surface area (Å²) in [6, 6.07) is 9.91. The third-order valence-corrected chi connectivity index (χ3v) is 4.37. The number of para-hydroxylation sites is 2. The highest BCUT2D eigenvalue weighted by Gasteiger charge is 2.26. The van der Waals surface area contributed by atoms with Crippen LogP contribution < -0.4 is 10.6 Å². The first kappa shape index (κ1) is 19.0. The van der Waals surface area contributed by atoms with Crippen molar-refractivity contribution in [3.63, 3.8) is 0 Å². The number of aromatic nitrogens is 4. The molecule has 3 rings (SSSR count). The lowest BCUT2D eigenvalue weighted by molar-refractivity contribution is -0.118. The van der Waals surface area contributed by atoms with Crippen LogP contribution in [0.3, 0.4) is 0 Å². The van der Waals surface area contributed by atoms with E-state index in [0.717, 1.165) is 15.9 Å². The Labute approximate surface area is 161 Å². The van der Waals surface area contributed by atoms with E-state index in [9.17, 15) is 14.9 Å². The molecule has 3 aromatic rings. The monoisotopic (exact) mass is 377 g/mol. The smallest absolute Gasteiger partial charge is 0.237 e. The van der Waals surface area contributed by atoms with Crippen LogP contribution in [0.5, 0.6) is 0 Å². The standard InChI is InChI=1S/C19H19N7O2/c1-3-26-15-7-5-4-6-14(15)23-18(26)13(8-20)17-12(2)9-22-19(24-17)25(11-27)10-16(21)28/h4-7,9,11,13H,3,10H2,1-2H3,(H2,21,28). The highest BCUT2D eigenvalue weighted by atomic mass is 16.2. The molecule has 1 unspecified atom stereocenters. The van der Waals surface area contributed by atoms with Gasteiger partial charge in [-0.2, -0.15) is 5.26 Å². The van der Waals surface area contributed by atoms with E-state index < -0.39 is 11.8 Å². The van der Waals surface area contributed by atoms with Crippen molar-refractivity contribution in [2.24, 2.45) is 5.73 Å². The Hall–Kier alpha value is -3.80. The van der Waals surface area contributed by atoms with Crippen molar-refractivity contribution in [2.75, 3.05) is 11.4 Å². The zero-order valence-electron chi connectivity index (χ0n) is 15.5. The molecule has 0 spiro atoms.